The molecule has 0 aliphatic heterocycles. The molecule has 0 saturated heterocycles. The molecule has 3 nitrogen and oxygen atoms in total. The monoisotopic (exact) mass is 430 g/mol. The summed E-state index contributed by atoms with van der Waals surface area (Å²) in [6, 6.07) is 26.9. The van der Waals surface area contributed by atoms with Gasteiger partial charge in [0.2, 0.25) is 0 Å². The minimum absolute atomic E-state index is 0.285. The van der Waals surface area contributed by atoms with Gasteiger partial charge in [0.25, 0.3) is 0 Å². The van der Waals surface area contributed by atoms with Crippen molar-refractivity contribution in [1.29, 1.82) is 0 Å². The van der Waals surface area contributed by atoms with Crippen LogP contribution in [0.25, 0.3) is 43.8 Å². The summed E-state index contributed by atoms with van der Waals surface area (Å²) in [7, 11) is 0. The van der Waals surface area contributed by atoms with E-state index in [1.807, 2.05) is 50.2 Å². The van der Waals surface area contributed by atoms with E-state index in [9.17, 15) is 4.79 Å². The van der Waals surface area contributed by atoms with Crippen molar-refractivity contribution in [2.24, 2.45) is 0 Å². The molecule has 0 unspecified atom stereocenters. The van der Waals surface area contributed by atoms with E-state index >= 15 is 0 Å². The quantitative estimate of drug-likeness (QED) is 0.272. The van der Waals surface area contributed by atoms with Crippen LogP contribution in [-0.2, 0) is 6.42 Å². The fourth-order valence-electron chi connectivity index (χ4n) is 4.78. The van der Waals surface area contributed by atoms with E-state index in [0.717, 1.165) is 44.2 Å². The van der Waals surface area contributed by atoms with Crippen LogP contribution in [0.15, 0.2) is 98.8 Å². The summed E-state index contributed by atoms with van der Waals surface area (Å²) in [6.45, 7) is 3.97. The van der Waals surface area contributed by atoms with E-state index < -0.39 is 0 Å². The molecule has 0 aliphatic carbocycles. The largest absolute Gasteiger partial charge is 0.463 e. The lowest BCUT2D eigenvalue weighted by Crippen LogP contribution is -2.11. The predicted molar refractivity (Wildman–Crippen MR) is 134 cm³/mol. The first-order chi connectivity index (χ1) is 16.1. The average molecular weight is 431 g/mol. The maximum Gasteiger partial charge on any atom is 0.340 e. The van der Waals surface area contributed by atoms with Crippen molar-refractivity contribution in [3.8, 4) is 11.1 Å². The van der Waals surface area contributed by atoms with Crippen LogP contribution in [0, 0.1) is 13.8 Å². The molecular formula is C30H22O3. The van der Waals surface area contributed by atoms with Gasteiger partial charge < -0.3 is 8.83 Å². The molecular weight excluding hydrogens is 408 g/mol. The smallest absolute Gasteiger partial charge is 0.340 e. The normalized spacial score (nSPS) is 11.6. The van der Waals surface area contributed by atoms with Gasteiger partial charge in [-0.25, -0.2) is 4.79 Å². The Labute approximate surface area is 190 Å². The van der Waals surface area contributed by atoms with E-state index in [2.05, 4.69) is 42.5 Å². The standard InChI is InChI=1S/C30H22O3/c1-18-24-16-26-27(23-13-12-21-10-6-7-11-22(21)15-23)17-32-28(26)19(2)29(24)33-30(31)25(18)14-20-8-4-3-5-9-20/h3-13,15-17H,14H2,1-2H3. The number of furan rings is 1. The Morgan fingerprint density at radius 3 is 2.30 bits per heavy atom. The van der Waals surface area contributed by atoms with E-state index in [0.29, 0.717) is 17.6 Å². The molecule has 6 rings (SSSR count). The minimum atomic E-state index is -0.285. The number of fused-ring (bicyclic) bond motifs is 3. The number of rotatable bonds is 3. The van der Waals surface area contributed by atoms with Crippen LogP contribution < -0.4 is 5.63 Å². The highest BCUT2D eigenvalue weighted by Crippen LogP contribution is 2.38. The lowest BCUT2D eigenvalue weighted by atomic mass is 9.95. The van der Waals surface area contributed by atoms with Crippen LogP contribution in [-0.4, -0.2) is 0 Å². The zero-order chi connectivity index (χ0) is 22.5. The first-order valence-electron chi connectivity index (χ1n) is 11.1. The summed E-state index contributed by atoms with van der Waals surface area (Å²) in [5.41, 5.74) is 6.80. The van der Waals surface area contributed by atoms with Gasteiger partial charge in [0.05, 0.1) is 6.26 Å². The highest BCUT2D eigenvalue weighted by atomic mass is 16.4. The summed E-state index contributed by atoms with van der Waals surface area (Å²) < 4.78 is 11.8. The fraction of sp³-hybridized carbons (Fsp3) is 0.100. The second-order valence-corrected chi connectivity index (χ2v) is 8.62. The summed E-state index contributed by atoms with van der Waals surface area (Å²) >= 11 is 0. The maximum absolute atomic E-state index is 12.9. The van der Waals surface area contributed by atoms with Crippen LogP contribution >= 0.6 is 0 Å². The molecule has 2 aromatic heterocycles. The summed E-state index contributed by atoms with van der Waals surface area (Å²) in [4.78, 5) is 12.9. The first kappa shape index (κ1) is 19.6. The molecule has 6 aromatic rings. The van der Waals surface area contributed by atoms with Crippen molar-refractivity contribution in [2.45, 2.75) is 20.3 Å². The van der Waals surface area contributed by atoms with Crippen molar-refractivity contribution in [1.82, 2.24) is 0 Å². The predicted octanol–water partition coefficient (Wildman–Crippen LogP) is 7.57. The van der Waals surface area contributed by atoms with Crippen LogP contribution in [0.1, 0.15) is 22.3 Å². The van der Waals surface area contributed by atoms with Gasteiger partial charge in [-0.15, -0.1) is 0 Å². The third kappa shape index (κ3) is 3.16. The second kappa shape index (κ2) is 7.49. The molecule has 0 saturated carbocycles. The minimum Gasteiger partial charge on any atom is -0.463 e. The first-order valence-corrected chi connectivity index (χ1v) is 11.1. The van der Waals surface area contributed by atoms with Gasteiger partial charge in [0.15, 0.2) is 0 Å². The van der Waals surface area contributed by atoms with Gasteiger partial charge in [-0.3, -0.25) is 0 Å². The summed E-state index contributed by atoms with van der Waals surface area (Å²) in [5.74, 6) is 0. The van der Waals surface area contributed by atoms with Gasteiger partial charge in [-0.05, 0) is 53.4 Å². The average Bonchev–Trinajstić information content (AvgIpc) is 3.27. The molecule has 0 fully saturated rings. The molecule has 0 radical (unpaired) electrons. The topological polar surface area (TPSA) is 43.4 Å². The highest BCUT2D eigenvalue weighted by Gasteiger charge is 2.19. The maximum atomic E-state index is 12.9. The van der Waals surface area contributed by atoms with E-state index in [1.165, 1.54) is 10.8 Å². The van der Waals surface area contributed by atoms with E-state index in [1.54, 1.807) is 6.26 Å². The molecule has 33 heavy (non-hydrogen) atoms. The molecule has 4 aromatic carbocycles. The van der Waals surface area contributed by atoms with Gasteiger partial charge in [0.1, 0.15) is 11.2 Å². The van der Waals surface area contributed by atoms with Gasteiger partial charge in [-0.1, -0.05) is 66.7 Å². The summed E-state index contributed by atoms with van der Waals surface area (Å²) in [6.07, 6.45) is 2.35. The zero-order valence-electron chi connectivity index (χ0n) is 18.5. The molecule has 0 spiro atoms. The molecule has 0 bridgehead atoms. The second-order valence-electron chi connectivity index (χ2n) is 8.62. The Bertz CT molecular complexity index is 1720. The Balaban J connectivity index is 1.58. The highest BCUT2D eigenvalue weighted by molar-refractivity contribution is 6.05. The molecule has 0 atom stereocenters. The Hall–Kier alpha value is -4.11. The third-order valence-electron chi connectivity index (χ3n) is 6.63. The number of benzene rings is 4. The SMILES string of the molecule is Cc1c(Cc2ccccc2)c(=O)oc2c(C)c3occ(-c4ccc5ccccc5c4)c3cc12. The summed E-state index contributed by atoms with van der Waals surface area (Å²) in [5, 5.41) is 4.37. The molecule has 160 valence electrons. The van der Waals surface area contributed by atoms with Crippen molar-refractivity contribution in [3.05, 3.63) is 118 Å². The number of hydrogen-bond donors (Lipinski definition) is 0. The van der Waals surface area contributed by atoms with Gasteiger partial charge in [-0.2, -0.15) is 0 Å². The van der Waals surface area contributed by atoms with Crippen molar-refractivity contribution >= 4 is 32.7 Å². The molecule has 0 N–H and O–H groups in total. The lowest BCUT2D eigenvalue weighted by molar-refractivity contribution is 0.546. The van der Waals surface area contributed by atoms with Crippen LogP contribution in [0.4, 0.5) is 0 Å². The number of hydrogen-bond acceptors (Lipinski definition) is 3. The zero-order valence-corrected chi connectivity index (χ0v) is 18.5. The molecule has 0 amide bonds. The fourth-order valence-corrected chi connectivity index (χ4v) is 4.78. The Morgan fingerprint density at radius 2 is 1.48 bits per heavy atom. The number of aryl methyl sites for hydroxylation is 2. The Kier molecular flexibility index (Phi) is 4.44. The van der Waals surface area contributed by atoms with Crippen molar-refractivity contribution < 1.29 is 8.83 Å². The van der Waals surface area contributed by atoms with Crippen LogP contribution in [0.3, 0.4) is 0 Å². The molecule has 3 heteroatoms. The van der Waals surface area contributed by atoms with Gasteiger partial charge >= 0.3 is 5.63 Å². The van der Waals surface area contributed by atoms with Gasteiger partial charge in [0, 0.05) is 33.9 Å². The van der Waals surface area contributed by atoms with Crippen molar-refractivity contribution in [3.63, 3.8) is 0 Å². The van der Waals surface area contributed by atoms with E-state index in [4.69, 9.17) is 8.83 Å². The third-order valence-corrected chi connectivity index (χ3v) is 6.63. The molecule has 0 aliphatic rings. The van der Waals surface area contributed by atoms with Crippen LogP contribution in [0.5, 0.6) is 0 Å². The van der Waals surface area contributed by atoms with Crippen LogP contribution in [0.2, 0.25) is 0 Å². The van der Waals surface area contributed by atoms with E-state index in [-0.39, 0.29) is 5.63 Å². The van der Waals surface area contributed by atoms with Crippen molar-refractivity contribution in [2.75, 3.05) is 0 Å². The Morgan fingerprint density at radius 1 is 0.727 bits per heavy atom. The molecule has 2 heterocycles. The lowest BCUT2D eigenvalue weighted by Gasteiger charge is -2.10.